The number of nitrogens with two attached hydrogens (primary N) is 1. The van der Waals surface area contributed by atoms with E-state index in [0.29, 0.717) is 17.8 Å². The number of aromatic nitrogens is 2. The minimum atomic E-state index is 0.188. The van der Waals surface area contributed by atoms with E-state index < -0.39 is 0 Å². The van der Waals surface area contributed by atoms with Gasteiger partial charge in [-0.1, -0.05) is 6.92 Å². The predicted molar refractivity (Wildman–Crippen MR) is 94.3 cm³/mol. The summed E-state index contributed by atoms with van der Waals surface area (Å²) in [5, 5.41) is 0. The molecule has 1 fully saturated rings. The fraction of sp³-hybridized carbons (Fsp3) is 0.647. The topological polar surface area (TPSA) is 89.0 Å². The Kier molecular flexibility index (Phi) is 5.27. The van der Waals surface area contributed by atoms with Crippen LogP contribution in [0.2, 0.25) is 0 Å². The van der Waals surface area contributed by atoms with Gasteiger partial charge < -0.3 is 15.4 Å². The van der Waals surface area contributed by atoms with Crippen molar-refractivity contribution in [3.8, 4) is 5.88 Å². The maximum Gasteiger partial charge on any atom is 0.217 e. The third-order valence-electron chi connectivity index (χ3n) is 4.67. The summed E-state index contributed by atoms with van der Waals surface area (Å²) < 4.78 is 6.00. The number of likely N-dealkylation sites (tertiary alicyclic amines) is 1. The van der Waals surface area contributed by atoms with Crippen molar-refractivity contribution in [3.05, 3.63) is 18.1 Å². The molecular formula is C17H26N6O. The number of hydrogen-bond donors (Lipinski definition) is 1. The molecule has 7 heteroatoms. The molecule has 1 unspecified atom stereocenters. The lowest BCUT2D eigenvalue weighted by Gasteiger charge is -2.36. The Morgan fingerprint density at radius 3 is 2.75 bits per heavy atom. The Morgan fingerprint density at radius 2 is 2.04 bits per heavy atom. The summed E-state index contributed by atoms with van der Waals surface area (Å²) in [5.74, 6) is 2.62. The van der Waals surface area contributed by atoms with Gasteiger partial charge in [-0.3, -0.25) is 4.99 Å². The number of aliphatic imine (C=N–C) groups is 2. The number of amidine groups is 1. The van der Waals surface area contributed by atoms with Crippen molar-refractivity contribution in [2.75, 3.05) is 19.6 Å². The predicted octanol–water partition coefficient (Wildman–Crippen LogP) is 1.77. The highest BCUT2D eigenvalue weighted by atomic mass is 16.5. The van der Waals surface area contributed by atoms with Crippen molar-refractivity contribution >= 4 is 11.8 Å². The summed E-state index contributed by atoms with van der Waals surface area (Å²) >= 11 is 0. The van der Waals surface area contributed by atoms with Gasteiger partial charge in [-0.25, -0.2) is 15.0 Å². The van der Waals surface area contributed by atoms with Crippen LogP contribution in [0.1, 0.15) is 38.3 Å². The van der Waals surface area contributed by atoms with Crippen molar-refractivity contribution < 1.29 is 4.74 Å². The molecule has 0 amide bonds. The minimum Gasteiger partial charge on any atom is -0.474 e. The first kappa shape index (κ1) is 16.7. The van der Waals surface area contributed by atoms with Gasteiger partial charge in [0.15, 0.2) is 0 Å². The SMILES string of the molecule is CCC1CCN=C(N)N=C1N1CCC(Oc2cc(C)ncn2)CC1. The van der Waals surface area contributed by atoms with E-state index in [4.69, 9.17) is 10.5 Å². The molecule has 3 heterocycles. The van der Waals surface area contributed by atoms with Crippen LogP contribution in [-0.4, -0.2) is 52.4 Å². The second-order valence-electron chi connectivity index (χ2n) is 6.41. The Morgan fingerprint density at radius 1 is 1.25 bits per heavy atom. The molecule has 1 aromatic rings. The van der Waals surface area contributed by atoms with E-state index in [-0.39, 0.29) is 6.10 Å². The van der Waals surface area contributed by atoms with Crippen LogP contribution in [0, 0.1) is 12.8 Å². The number of rotatable bonds is 3. The van der Waals surface area contributed by atoms with Crippen molar-refractivity contribution in [2.45, 2.75) is 45.6 Å². The zero-order chi connectivity index (χ0) is 16.9. The minimum absolute atomic E-state index is 0.188. The number of guanidine groups is 1. The Hall–Kier alpha value is -2.18. The summed E-state index contributed by atoms with van der Waals surface area (Å²) in [6, 6.07) is 1.88. The molecule has 1 atom stereocenters. The maximum absolute atomic E-state index is 6.00. The molecule has 0 bridgehead atoms. The molecule has 2 N–H and O–H groups in total. The summed E-state index contributed by atoms with van der Waals surface area (Å²) in [6.07, 6.45) is 5.73. The first-order chi connectivity index (χ1) is 11.7. The zero-order valence-corrected chi connectivity index (χ0v) is 14.5. The van der Waals surface area contributed by atoms with Gasteiger partial charge in [0, 0.05) is 50.2 Å². The van der Waals surface area contributed by atoms with Gasteiger partial charge in [-0.15, -0.1) is 0 Å². The van der Waals surface area contributed by atoms with Gasteiger partial charge >= 0.3 is 0 Å². The van der Waals surface area contributed by atoms with Crippen LogP contribution in [-0.2, 0) is 0 Å². The number of aryl methyl sites for hydroxylation is 1. The lowest BCUT2D eigenvalue weighted by atomic mass is 9.98. The quantitative estimate of drug-likeness (QED) is 0.912. The first-order valence-electron chi connectivity index (χ1n) is 8.74. The smallest absolute Gasteiger partial charge is 0.217 e. The van der Waals surface area contributed by atoms with Crippen LogP contribution in [0.25, 0.3) is 0 Å². The normalized spacial score (nSPS) is 22.6. The Labute approximate surface area is 143 Å². The van der Waals surface area contributed by atoms with Crippen LogP contribution in [0.5, 0.6) is 5.88 Å². The van der Waals surface area contributed by atoms with Crippen LogP contribution in [0.3, 0.4) is 0 Å². The van der Waals surface area contributed by atoms with Crippen molar-refractivity contribution in [1.29, 1.82) is 0 Å². The molecule has 1 aromatic heterocycles. The van der Waals surface area contributed by atoms with Gasteiger partial charge in [-0.05, 0) is 19.8 Å². The fourth-order valence-electron chi connectivity index (χ4n) is 3.29. The molecule has 0 aromatic carbocycles. The second kappa shape index (κ2) is 7.59. The van der Waals surface area contributed by atoms with E-state index in [1.165, 1.54) is 0 Å². The first-order valence-corrected chi connectivity index (χ1v) is 8.74. The van der Waals surface area contributed by atoms with E-state index in [1.54, 1.807) is 6.33 Å². The monoisotopic (exact) mass is 330 g/mol. The lowest BCUT2D eigenvalue weighted by molar-refractivity contribution is 0.123. The molecule has 0 aliphatic carbocycles. The highest BCUT2D eigenvalue weighted by Crippen LogP contribution is 2.22. The van der Waals surface area contributed by atoms with Crippen LogP contribution < -0.4 is 10.5 Å². The van der Waals surface area contributed by atoms with E-state index in [1.807, 2.05) is 13.0 Å². The number of ether oxygens (including phenoxy) is 1. The number of piperidine rings is 1. The summed E-state index contributed by atoms with van der Waals surface area (Å²) in [5.41, 5.74) is 6.81. The van der Waals surface area contributed by atoms with Gasteiger partial charge in [0.1, 0.15) is 18.3 Å². The molecule has 24 heavy (non-hydrogen) atoms. The molecule has 0 spiro atoms. The molecule has 130 valence electrons. The van der Waals surface area contributed by atoms with E-state index in [9.17, 15) is 0 Å². The largest absolute Gasteiger partial charge is 0.474 e. The molecule has 2 aliphatic heterocycles. The van der Waals surface area contributed by atoms with Crippen molar-refractivity contribution in [3.63, 3.8) is 0 Å². The number of hydrogen-bond acceptors (Lipinski definition) is 7. The highest BCUT2D eigenvalue weighted by Gasteiger charge is 2.28. The van der Waals surface area contributed by atoms with Gasteiger partial charge in [0.2, 0.25) is 11.8 Å². The highest BCUT2D eigenvalue weighted by molar-refractivity contribution is 5.97. The van der Waals surface area contributed by atoms with Crippen LogP contribution in [0.15, 0.2) is 22.4 Å². The van der Waals surface area contributed by atoms with E-state index in [2.05, 4.69) is 31.8 Å². The van der Waals surface area contributed by atoms with E-state index >= 15 is 0 Å². The molecule has 7 nitrogen and oxygen atoms in total. The van der Waals surface area contributed by atoms with Crippen LogP contribution in [0.4, 0.5) is 0 Å². The van der Waals surface area contributed by atoms with Crippen LogP contribution >= 0.6 is 0 Å². The summed E-state index contributed by atoms with van der Waals surface area (Å²) in [6.45, 7) is 6.77. The van der Waals surface area contributed by atoms with Gasteiger partial charge in [0.25, 0.3) is 0 Å². The Balaban J connectivity index is 1.60. The molecule has 3 rings (SSSR count). The molecular weight excluding hydrogens is 304 g/mol. The molecule has 0 saturated carbocycles. The van der Waals surface area contributed by atoms with E-state index in [0.717, 1.165) is 56.8 Å². The maximum atomic E-state index is 6.00. The average molecular weight is 330 g/mol. The summed E-state index contributed by atoms with van der Waals surface area (Å²) in [7, 11) is 0. The third-order valence-corrected chi connectivity index (χ3v) is 4.67. The molecule has 2 aliphatic rings. The second-order valence-corrected chi connectivity index (χ2v) is 6.41. The van der Waals surface area contributed by atoms with Gasteiger partial charge in [-0.2, -0.15) is 0 Å². The van der Waals surface area contributed by atoms with Crippen molar-refractivity contribution in [2.24, 2.45) is 21.6 Å². The standard InChI is InChI=1S/C17H26N6O/c1-3-13-4-7-19-17(18)22-16(13)23-8-5-14(6-9-23)24-15-10-12(2)20-11-21-15/h10-11,13-14H,3-9H2,1-2H3,(H2,18,19). The molecule has 0 radical (unpaired) electrons. The van der Waals surface area contributed by atoms with Gasteiger partial charge in [0.05, 0.1) is 0 Å². The van der Waals surface area contributed by atoms with Crippen molar-refractivity contribution in [1.82, 2.24) is 14.9 Å². The fourth-order valence-corrected chi connectivity index (χ4v) is 3.29. The lowest BCUT2D eigenvalue weighted by Crippen LogP contribution is -2.44. The zero-order valence-electron chi connectivity index (χ0n) is 14.5. The molecule has 1 saturated heterocycles. The third kappa shape index (κ3) is 4.01. The average Bonchev–Trinajstić information content (AvgIpc) is 2.77. The Bertz CT molecular complexity index is 621. The number of nitrogens with zero attached hydrogens (tertiary/aromatic N) is 5. The summed E-state index contributed by atoms with van der Waals surface area (Å²) in [4.78, 5) is 19.5.